The van der Waals surface area contributed by atoms with Crippen LogP contribution in [0.3, 0.4) is 0 Å². The zero-order valence-electron chi connectivity index (χ0n) is 32.5. The van der Waals surface area contributed by atoms with Gasteiger partial charge in [-0.2, -0.15) is 0 Å². The van der Waals surface area contributed by atoms with E-state index in [9.17, 15) is 15.0 Å². The summed E-state index contributed by atoms with van der Waals surface area (Å²) in [4.78, 5) is 14.4. The van der Waals surface area contributed by atoms with Crippen molar-refractivity contribution >= 4 is 5.97 Å². The second-order valence-corrected chi connectivity index (χ2v) is 14.4. The van der Waals surface area contributed by atoms with E-state index in [0.29, 0.717) is 19.4 Å². The van der Waals surface area contributed by atoms with Gasteiger partial charge in [-0.3, -0.25) is 4.79 Å². The number of unbranched alkanes of at least 4 members (excludes halogenated alkanes) is 18. The minimum atomic E-state index is -0.747. The fourth-order valence-electron chi connectivity index (χ4n) is 6.61. The van der Waals surface area contributed by atoms with Crippen molar-refractivity contribution in [3.63, 3.8) is 0 Å². The summed E-state index contributed by atoms with van der Waals surface area (Å²) in [6.45, 7) is 10.3. The van der Waals surface area contributed by atoms with Crippen LogP contribution in [0, 0.1) is 0 Å². The number of aliphatic hydroxyl groups is 2. The summed E-state index contributed by atoms with van der Waals surface area (Å²) in [7, 11) is 0. The molecular formula is C43H79NO5. The summed E-state index contributed by atoms with van der Waals surface area (Å²) in [6, 6.07) is 6.44. The highest BCUT2D eigenvalue weighted by Crippen LogP contribution is 2.24. The molecule has 1 aromatic carbocycles. The van der Waals surface area contributed by atoms with Gasteiger partial charge >= 0.3 is 5.97 Å². The van der Waals surface area contributed by atoms with E-state index in [-0.39, 0.29) is 12.6 Å². The minimum absolute atomic E-state index is 0.0325. The Morgan fingerprint density at radius 3 is 1.80 bits per heavy atom. The van der Waals surface area contributed by atoms with Crippen LogP contribution in [0.1, 0.15) is 192 Å². The Morgan fingerprint density at radius 2 is 1.16 bits per heavy atom. The van der Waals surface area contributed by atoms with Gasteiger partial charge in [-0.15, -0.1) is 0 Å². The van der Waals surface area contributed by atoms with Crippen molar-refractivity contribution in [3.8, 4) is 5.75 Å². The highest BCUT2D eigenvalue weighted by atomic mass is 16.6. The Bertz CT molecular complexity index is 878. The molecular weight excluding hydrogens is 610 g/mol. The number of nitrogens with zero attached hydrogens (tertiary/aromatic N) is 1. The first-order valence-corrected chi connectivity index (χ1v) is 21.0. The summed E-state index contributed by atoms with van der Waals surface area (Å²) in [5.41, 5.74) is 2.84. The van der Waals surface area contributed by atoms with Crippen LogP contribution in [0.4, 0.5) is 0 Å². The van der Waals surface area contributed by atoms with Gasteiger partial charge in [0.15, 0.2) is 6.29 Å². The number of carbonyl (C=O) groups excluding carboxylic acids is 1. The summed E-state index contributed by atoms with van der Waals surface area (Å²) in [5, 5.41) is 20.1. The van der Waals surface area contributed by atoms with Crippen molar-refractivity contribution in [3.05, 3.63) is 29.3 Å². The molecule has 6 nitrogen and oxygen atoms in total. The third kappa shape index (κ3) is 26.8. The SMILES string of the molecule is CCCCCCCCCOC(=O)CCCCCCCN(CCO)CCCCCCCC(O)Oc1ccc(CCCCC)c(CCCCC)c1. The van der Waals surface area contributed by atoms with Crippen LogP contribution in [-0.2, 0) is 22.4 Å². The van der Waals surface area contributed by atoms with Gasteiger partial charge in [-0.1, -0.05) is 130 Å². The van der Waals surface area contributed by atoms with Crippen LogP contribution in [0.5, 0.6) is 5.75 Å². The van der Waals surface area contributed by atoms with Gasteiger partial charge in [-0.25, -0.2) is 0 Å². The van der Waals surface area contributed by atoms with Crippen LogP contribution >= 0.6 is 0 Å². The normalized spacial score (nSPS) is 12.1. The Morgan fingerprint density at radius 1 is 0.633 bits per heavy atom. The van der Waals surface area contributed by atoms with Crippen molar-refractivity contribution in [2.45, 2.75) is 200 Å². The highest BCUT2D eigenvalue weighted by Gasteiger charge is 2.10. The third-order valence-corrected chi connectivity index (χ3v) is 9.76. The molecule has 1 unspecified atom stereocenters. The Labute approximate surface area is 303 Å². The van der Waals surface area contributed by atoms with Gasteiger partial charge in [0.05, 0.1) is 13.2 Å². The van der Waals surface area contributed by atoms with Crippen LogP contribution < -0.4 is 4.74 Å². The fourth-order valence-corrected chi connectivity index (χ4v) is 6.61. The molecule has 0 saturated carbocycles. The van der Waals surface area contributed by atoms with Gasteiger partial charge < -0.3 is 24.6 Å². The topological polar surface area (TPSA) is 79.2 Å². The number of rotatable bonds is 36. The molecule has 1 aromatic rings. The lowest BCUT2D eigenvalue weighted by molar-refractivity contribution is -0.143. The molecule has 1 rings (SSSR count). The van der Waals surface area contributed by atoms with Crippen molar-refractivity contribution < 1.29 is 24.5 Å². The maximum Gasteiger partial charge on any atom is 0.305 e. The monoisotopic (exact) mass is 690 g/mol. The molecule has 0 heterocycles. The van der Waals surface area contributed by atoms with Crippen molar-refractivity contribution in [1.82, 2.24) is 4.90 Å². The lowest BCUT2D eigenvalue weighted by Gasteiger charge is -2.21. The van der Waals surface area contributed by atoms with E-state index < -0.39 is 6.29 Å². The number of carbonyl (C=O) groups is 1. The van der Waals surface area contributed by atoms with E-state index in [0.717, 1.165) is 96.0 Å². The fraction of sp³-hybridized carbons (Fsp3) is 0.837. The van der Waals surface area contributed by atoms with Crippen LogP contribution in [0.2, 0.25) is 0 Å². The molecule has 0 aromatic heterocycles. The summed E-state index contributed by atoms with van der Waals surface area (Å²) < 4.78 is 11.3. The molecule has 0 aliphatic rings. The predicted molar refractivity (Wildman–Crippen MR) is 207 cm³/mol. The van der Waals surface area contributed by atoms with Crippen LogP contribution in [0.15, 0.2) is 18.2 Å². The first-order valence-electron chi connectivity index (χ1n) is 21.0. The van der Waals surface area contributed by atoms with Gasteiger partial charge in [0.2, 0.25) is 0 Å². The average Bonchev–Trinajstić information content (AvgIpc) is 3.09. The molecule has 286 valence electrons. The Hall–Kier alpha value is -1.63. The quantitative estimate of drug-likeness (QED) is 0.0415. The largest absolute Gasteiger partial charge is 0.466 e. The molecule has 0 fully saturated rings. The molecule has 0 amide bonds. The summed E-state index contributed by atoms with van der Waals surface area (Å²) >= 11 is 0. The number of ether oxygens (including phenoxy) is 2. The molecule has 6 heteroatoms. The Kier molecular flexibility index (Phi) is 31.0. The highest BCUT2D eigenvalue weighted by molar-refractivity contribution is 5.69. The van der Waals surface area contributed by atoms with Crippen LogP contribution in [0.25, 0.3) is 0 Å². The minimum Gasteiger partial charge on any atom is -0.466 e. The average molecular weight is 690 g/mol. The smallest absolute Gasteiger partial charge is 0.305 e. The van der Waals surface area contributed by atoms with E-state index in [2.05, 4.69) is 37.8 Å². The molecule has 49 heavy (non-hydrogen) atoms. The molecule has 0 bridgehead atoms. The standard InChI is InChI=1S/C43H79NO5/c1-4-7-10-11-12-19-26-37-48-42(46)29-22-15-13-17-24-33-44(35-36-45)34-25-18-14-16-23-30-43(47)49-41-32-31-39(27-20-8-5-2)40(38-41)28-21-9-6-3/h31-32,38,43,45,47H,4-30,33-37H2,1-3H3. The van der Waals surface area contributed by atoms with E-state index in [4.69, 9.17) is 9.47 Å². The van der Waals surface area contributed by atoms with Gasteiger partial charge in [0, 0.05) is 19.4 Å². The lowest BCUT2D eigenvalue weighted by Crippen LogP contribution is -2.29. The number of aryl methyl sites for hydroxylation is 2. The van der Waals surface area contributed by atoms with E-state index in [1.54, 1.807) is 0 Å². The molecule has 0 radical (unpaired) electrons. The lowest BCUT2D eigenvalue weighted by atomic mass is 9.97. The van der Waals surface area contributed by atoms with Crippen LogP contribution in [-0.4, -0.2) is 60.2 Å². The number of aliphatic hydroxyl groups excluding tert-OH is 2. The first kappa shape index (κ1) is 45.4. The zero-order valence-corrected chi connectivity index (χ0v) is 32.5. The molecule has 0 aliphatic carbocycles. The predicted octanol–water partition coefficient (Wildman–Crippen LogP) is 11.1. The summed E-state index contributed by atoms with van der Waals surface area (Å²) in [6.07, 6.45) is 29.8. The molecule has 1 atom stereocenters. The number of esters is 1. The number of hydrogen-bond acceptors (Lipinski definition) is 6. The third-order valence-electron chi connectivity index (χ3n) is 9.76. The van der Waals surface area contributed by atoms with E-state index >= 15 is 0 Å². The molecule has 0 saturated heterocycles. The summed E-state index contributed by atoms with van der Waals surface area (Å²) in [5.74, 6) is 0.770. The van der Waals surface area contributed by atoms with E-state index in [1.807, 2.05) is 6.07 Å². The zero-order chi connectivity index (χ0) is 35.6. The van der Waals surface area contributed by atoms with Gasteiger partial charge in [0.1, 0.15) is 5.75 Å². The maximum absolute atomic E-state index is 12.0. The number of hydrogen-bond donors (Lipinski definition) is 2. The van der Waals surface area contributed by atoms with Gasteiger partial charge in [-0.05, 0) is 94.1 Å². The molecule has 2 N–H and O–H groups in total. The second-order valence-electron chi connectivity index (χ2n) is 14.4. The number of benzene rings is 1. The molecule has 0 spiro atoms. The molecule has 0 aliphatic heterocycles. The Balaban J connectivity index is 2.11. The first-order chi connectivity index (χ1) is 24.0. The second kappa shape index (κ2) is 33.5. The van der Waals surface area contributed by atoms with E-state index in [1.165, 1.54) is 101 Å². The van der Waals surface area contributed by atoms with Crippen molar-refractivity contribution in [2.75, 3.05) is 32.8 Å². The maximum atomic E-state index is 12.0. The van der Waals surface area contributed by atoms with Gasteiger partial charge in [0.25, 0.3) is 0 Å². The van der Waals surface area contributed by atoms with Crippen molar-refractivity contribution in [2.24, 2.45) is 0 Å². The van der Waals surface area contributed by atoms with Crippen molar-refractivity contribution in [1.29, 1.82) is 0 Å².